The predicted molar refractivity (Wildman–Crippen MR) is 116 cm³/mol. The second-order valence-electron chi connectivity index (χ2n) is 7.00. The molecule has 2 aromatic rings. The van der Waals surface area contributed by atoms with E-state index >= 15 is 0 Å². The Morgan fingerprint density at radius 1 is 1.03 bits per heavy atom. The summed E-state index contributed by atoms with van der Waals surface area (Å²) in [7, 11) is 0. The maximum atomic E-state index is 13.6. The second-order valence-corrected chi connectivity index (χ2v) is 7.00. The molecule has 8 nitrogen and oxygen atoms in total. The molecule has 0 saturated carbocycles. The minimum Gasteiger partial charge on any atom is -0.454 e. The number of nitrogens with zero attached hydrogens (tertiary/aromatic N) is 1. The molecule has 32 heavy (non-hydrogen) atoms. The third-order valence-corrected chi connectivity index (χ3v) is 4.47. The first kappa shape index (κ1) is 24.5. The molecule has 0 fully saturated rings. The van der Waals surface area contributed by atoms with Crippen LogP contribution >= 0.6 is 0 Å². The maximum Gasteiger partial charge on any atom is 0.325 e. The van der Waals surface area contributed by atoms with E-state index in [4.69, 9.17) is 4.74 Å². The van der Waals surface area contributed by atoms with Crippen molar-refractivity contribution in [3.63, 3.8) is 0 Å². The Kier molecular flexibility index (Phi) is 9.34. The van der Waals surface area contributed by atoms with Crippen LogP contribution in [0.2, 0.25) is 0 Å². The Balaban J connectivity index is 1.82. The number of ether oxygens (including phenoxy) is 1. The van der Waals surface area contributed by atoms with E-state index in [-0.39, 0.29) is 18.0 Å². The molecule has 0 heterocycles. The Hall–Kier alpha value is -3.75. The molecule has 0 saturated heterocycles. The number of benzene rings is 2. The molecule has 9 heteroatoms. The van der Waals surface area contributed by atoms with Gasteiger partial charge in [0.15, 0.2) is 6.61 Å². The molecule has 3 amide bonds. The second kappa shape index (κ2) is 12.2. The van der Waals surface area contributed by atoms with Gasteiger partial charge in [-0.3, -0.25) is 19.2 Å². The number of aryl methyl sites for hydroxylation is 1. The summed E-state index contributed by atoms with van der Waals surface area (Å²) in [6.45, 7) is 2.72. The van der Waals surface area contributed by atoms with Crippen LogP contribution in [0, 0.1) is 12.7 Å². The standard InChI is InChI=1S/C23H26FN3O5/c1-3-12-27(14-20(28)26-19-11-7-4-8-16(19)2)21(29)15-32-22(30)13-25-23(31)17-9-5-6-10-18(17)24/h4-11H,3,12-15H2,1-2H3,(H,25,31)(H,26,28). The highest BCUT2D eigenvalue weighted by molar-refractivity contribution is 5.97. The number of para-hydroxylation sites is 1. The third kappa shape index (κ3) is 7.50. The molecule has 2 N–H and O–H groups in total. The number of anilines is 1. The van der Waals surface area contributed by atoms with Crippen molar-refractivity contribution in [2.24, 2.45) is 0 Å². The molecule has 0 radical (unpaired) electrons. The van der Waals surface area contributed by atoms with Crippen molar-refractivity contribution >= 4 is 29.4 Å². The average molecular weight is 443 g/mol. The van der Waals surface area contributed by atoms with E-state index in [9.17, 15) is 23.6 Å². The monoisotopic (exact) mass is 443 g/mol. The van der Waals surface area contributed by atoms with Crippen LogP contribution in [0.3, 0.4) is 0 Å². The maximum absolute atomic E-state index is 13.6. The molecule has 0 atom stereocenters. The zero-order chi connectivity index (χ0) is 23.5. The van der Waals surface area contributed by atoms with Gasteiger partial charge in [-0.25, -0.2) is 4.39 Å². The predicted octanol–water partition coefficient (Wildman–Crippen LogP) is 2.28. The zero-order valence-corrected chi connectivity index (χ0v) is 18.0. The van der Waals surface area contributed by atoms with Crippen LogP contribution in [-0.2, 0) is 19.1 Å². The van der Waals surface area contributed by atoms with Crippen LogP contribution in [0.1, 0.15) is 29.3 Å². The fourth-order valence-electron chi connectivity index (χ4n) is 2.82. The Bertz CT molecular complexity index is 980. The van der Waals surface area contributed by atoms with Crippen molar-refractivity contribution in [2.45, 2.75) is 20.3 Å². The number of rotatable bonds is 10. The van der Waals surface area contributed by atoms with E-state index in [2.05, 4.69) is 10.6 Å². The number of amides is 3. The summed E-state index contributed by atoms with van der Waals surface area (Å²) >= 11 is 0. The lowest BCUT2D eigenvalue weighted by atomic mass is 10.2. The van der Waals surface area contributed by atoms with Gasteiger partial charge in [0.25, 0.3) is 11.8 Å². The molecular formula is C23H26FN3O5. The summed E-state index contributed by atoms with van der Waals surface area (Å²) in [5, 5.41) is 4.99. The summed E-state index contributed by atoms with van der Waals surface area (Å²) in [5.41, 5.74) is 1.34. The molecular weight excluding hydrogens is 417 g/mol. The lowest BCUT2D eigenvalue weighted by molar-refractivity contribution is -0.151. The van der Waals surface area contributed by atoms with Gasteiger partial charge in [-0.1, -0.05) is 37.3 Å². The first-order valence-corrected chi connectivity index (χ1v) is 10.1. The first-order chi connectivity index (χ1) is 15.3. The van der Waals surface area contributed by atoms with Crippen LogP contribution in [0.25, 0.3) is 0 Å². The number of carbonyl (C=O) groups is 4. The molecule has 0 spiro atoms. The number of hydrogen-bond donors (Lipinski definition) is 2. The third-order valence-electron chi connectivity index (χ3n) is 4.47. The van der Waals surface area contributed by atoms with Gasteiger partial charge in [0.2, 0.25) is 5.91 Å². The minimum atomic E-state index is -0.858. The fourth-order valence-corrected chi connectivity index (χ4v) is 2.82. The zero-order valence-electron chi connectivity index (χ0n) is 18.0. The summed E-state index contributed by atoms with van der Waals surface area (Å²) in [6, 6.07) is 12.6. The Morgan fingerprint density at radius 3 is 2.41 bits per heavy atom. The molecule has 2 rings (SSSR count). The van der Waals surface area contributed by atoms with Gasteiger partial charge in [0.1, 0.15) is 12.4 Å². The van der Waals surface area contributed by atoms with Crippen molar-refractivity contribution in [1.82, 2.24) is 10.2 Å². The van der Waals surface area contributed by atoms with Crippen LogP contribution < -0.4 is 10.6 Å². The number of halogens is 1. The van der Waals surface area contributed by atoms with E-state index in [1.807, 2.05) is 26.0 Å². The van der Waals surface area contributed by atoms with Gasteiger partial charge in [0, 0.05) is 12.2 Å². The van der Waals surface area contributed by atoms with Gasteiger partial charge in [-0.05, 0) is 37.1 Å². The van der Waals surface area contributed by atoms with Crippen LogP contribution in [-0.4, -0.2) is 54.8 Å². The smallest absolute Gasteiger partial charge is 0.325 e. The highest BCUT2D eigenvalue weighted by Gasteiger charge is 2.19. The quantitative estimate of drug-likeness (QED) is 0.548. The van der Waals surface area contributed by atoms with Crippen molar-refractivity contribution in [3.8, 4) is 0 Å². The topological polar surface area (TPSA) is 105 Å². The van der Waals surface area contributed by atoms with Gasteiger partial charge in [-0.2, -0.15) is 0 Å². The van der Waals surface area contributed by atoms with Crippen molar-refractivity contribution in [2.75, 3.05) is 31.6 Å². The first-order valence-electron chi connectivity index (χ1n) is 10.1. The van der Waals surface area contributed by atoms with E-state index in [0.717, 1.165) is 11.6 Å². The van der Waals surface area contributed by atoms with Gasteiger partial charge in [0.05, 0.1) is 12.1 Å². The van der Waals surface area contributed by atoms with Gasteiger partial charge >= 0.3 is 5.97 Å². The van der Waals surface area contributed by atoms with E-state index in [1.165, 1.54) is 23.1 Å². The minimum absolute atomic E-state index is 0.192. The van der Waals surface area contributed by atoms with Crippen LogP contribution in [0.5, 0.6) is 0 Å². The van der Waals surface area contributed by atoms with Gasteiger partial charge < -0.3 is 20.3 Å². The Labute approximate surface area is 185 Å². The SMILES string of the molecule is CCCN(CC(=O)Nc1ccccc1C)C(=O)COC(=O)CNC(=O)c1ccccc1F. The van der Waals surface area contributed by atoms with Gasteiger partial charge in [-0.15, -0.1) is 0 Å². The average Bonchev–Trinajstić information content (AvgIpc) is 2.77. The number of carbonyl (C=O) groups excluding carboxylic acids is 4. The number of nitrogens with one attached hydrogen (secondary N) is 2. The lowest BCUT2D eigenvalue weighted by Gasteiger charge is -2.21. The Morgan fingerprint density at radius 2 is 1.72 bits per heavy atom. The molecule has 0 aromatic heterocycles. The molecule has 0 aliphatic rings. The molecule has 0 bridgehead atoms. The summed E-state index contributed by atoms with van der Waals surface area (Å²) in [6.07, 6.45) is 0.607. The van der Waals surface area contributed by atoms with Crippen molar-refractivity contribution < 1.29 is 28.3 Å². The summed E-state index contributed by atoms with van der Waals surface area (Å²) in [4.78, 5) is 49.8. The summed E-state index contributed by atoms with van der Waals surface area (Å²) in [5.74, 6) is -3.26. The van der Waals surface area contributed by atoms with Crippen LogP contribution in [0.15, 0.2) is 48.5 Å². The van der Waals surface area contributed by atoms with Crippen molar-refractivity contribution in [3.05, 3.63) is 65.5 Å². The van der Waals surface area contributed by atoms with E-state index in [1.54, 1.807) is 12.1 Å². The fraction of sp³-hybridized carbons (Fsp3) is 0.304. The largest absolute Gasteiger partial charge is 0.454 e. The molecule has 170 valence electrons. The van der Waals surface area contributed by atoms with Crippen LogP contribution in [0.4, 0.5) is 10.1 Å². The molecule has 2 aromatic carbocycles. The number of hydrogen-bond acceptors (Lipinski definition) is 5. The highest BCUT2D eigenvalue weighted by Crippen LogP contribution is 2.13. The number of esters is 1. The molecule has 0 unspecified atom stereocenters. The molecule has 0 aliphatic heterocycles. The van der Waals surface area contributed by atoms with E-state index < -0.39 is 36.8 Å². The lowest BCUT2D eigenvalue weighted by Crippen LogP contribution is -2.41. The highest BCUT2D eigenvalue weighted by atomic mass is 19.1. The normalized spacial score (nSPS) is 10.2. The summed E-state index contributed by atoms with van der Waals surface area (Å²) < 4.78 is 18.5. The van der Waals surface area contributed by atoms with Crippen molar-refractivity contribution in [1.29, 1.82) is 0 Å². The molecule has 0 aliphatic carbocycles. The van der Waals surface area contributed by atoms with E-state index in [0.29, 0.717) is 18.7 Å².